The van der Waals surface area contributed by atoms with E-state index in [0.29, 0.717) is 19.8 Å². The topological polar surface area (TPSA) is 80.5 Å². The molecule has 1 aromatic rings. The molecule has 0 saturated carbocycles. The number of carbonyl (C=O) groups excluding carboxylic acids is 1. The number of pyridine rings is 1. The number of hydrogen-bond acceptors (Lipinski definition) is 5. The highest BCUT2D eigenvalue weighted by atomic mass is 19.1. The number of carbonyl (C=O) groups is 1. The third-order valence-corrected chi connectivity index (χ3v) is 3.17. The second-order valence-electron chi connectivity index (χ2n) is 4.85. The summed E-state index contributed by atoms with van der Waals surface area (Å²) in [6.45, 7) is 5.69. The van der Waals surface area contributed by atoms with Crippen LogP contribution in [-0.2, 0) is 4.74 Å². The fourth-order valence-electron chi connectivity index (χ4n) is 2.15. The number of ether oxygens (including phenoxy) is 1. The summed E-state index contributed by atoms with van der Waals surface area (Å²) >= 11 is 0. The first-order valence-electron chi connectivity index (χ1n) is 6.59. The summed E-state index contributed by atoms with van der Waals surface area (Å²) in [4.78, 5) is 17.8. The second kappa shape index (κ2) is 6.62. The maximum Gasteiger partial charge on any atom is 0.254 e. The minimum absolute atomic E-state index is 0.0775. The largest absolute Gasteiger partial charge is 0.381 e. The molecule has 110 valence electrons. The molecule has 6 nitrogen and oxygen atoms in total. The van der Waals surface area contributed by atoms with Crippen molar-refractivity contribution >= 4 is 11.7 Å². The Morgan fingerprint density at radius 2 is 2.30 bits per heavy atom. The van der Waals surface area contributed by atoms with Gasteiger partial charge in [-0.05, 0) is 13.0 Å². The predicted octanol–water partition coefficient (Wildman–Crippen LogP) is 0.253. The van der Waals surface area contributed by atoms with Crippen LogP contribution in [0.4, 0.5) is 10.2 Å². The Balaban J connectivity index is 1.91. The first-order valence-corrected chi connectivity index (χ1v) is 6.59. The molecule has 1 aliphatic rings. The van der Waals surface area contributed by atoms with Crippen LogP contribution >= 0.6 is 0 Å². The molecule has 2 rings (SSSR count). The quantitative estimate of drug-likeness (QED) is 0.827. The Bertz CT molecular complexity index is 477. The summed E-state index contributed by atoms with van der Waals surface area (Å²) in [5.41, 5.74) is 5.27. The van der Waals surface area contributed by atoms with Gasteiger partial charge in [-0.25, -0.2) is 9.37 Å². The van der Waals surface area contributed by atoms with Gasteiger partial charge in [-0.15, -0.1) is 0 Å². The minimum atomic E-state index is -0.774. The highest BCUT2D eigenvalue weighted by Crippen LogP contribution is 2.11. The van der Waals surface area contributed by atoms with E-state index < -0.39 is 11.7 Å². The summed E-state index contributed by atoms with van der Waals surface area (Å²) in [6, 6.07) is 1.23. The number of nitrogens with two attached hydrogens (primary N) is 1. The van der Waals surface area contributed by atoms with E-state index in [-0.39, 0.29) is 17.4 Å². The van der Waals surface area contributed by atoms with Crippen molar-refractivity contribution in [3.63, 3.8) is 0 Å². The number of hydrogen-bond donors (Lipinski definition) is 2. The number of amides is 1. The van der Waals surface area contributed by atoms with Crippen molar-refractivity contribution in [3.8, 4) is 0 Å². The van der Waals surface area contributed by atoms with Crippen molar-refractivity contribution in [2.24, 2.45) is 0 Å². The molecular formula is C13H19FN4O2. The Hall–Kier alpha value is -1.73. The Morgan fingerprint density at radius 3 is 3.00 bits per heavy atom. The standard InChI is InChI=1S/C13H19FN4O2/c1-9(8-18-4-6-20-7-5-18)17-13(19)10-2-3-16-12(15)11(10)14/h2-3,9H,4-8H2,1H3,(H2,15,16)(H,17,19). The van der Waals surface area contributed by atoms with Crippen LogP contribution in [0.3, 0.4) is 0 Å². The fraction of sp³-hybridized carbons (Fsp3) is 0.538. The number of halogens is 1. The number of nitrogens with one attached hydrogen (secondary N) is 1. The van der Waals surface area contributed by atoms with Crippen molar-refractivity contribution in [1.82, 2.24) is 15.2 Å². The van der Waals surface area contributed by atoms with Gasteiger partial charge in [0.1, 0.15) is 0 Å². The summed E-state index contributed by atoms with van der Waals surface area (Å²) in [5, 5.41) is 2.77. The van der Waals surface area contributed by atoms with E-state index in [1.54, 1.807) is 0 Å². The zero-order chi connectivity index (χ0) is 14.5. The first-order chi connectivity index (χ1) is 9.58. The fourth-order valence-corrected chi connectivity index (χ4v) is 2.15. The molecule has 3 N–H and O–H groups in total. The number of nitrogen functional groups attached to an aromatic ring is 1. The van der Waals surface area contributed by atoms with Gasteiger partial charge in [-0.2, -0.15) is 0 Å². The third kappa shape index (κ3) is 3.64. The molecule has 0 aromatic carbocycles. The Labute approximate surface area is 117 Å². The summed E-state index contributed by atoms with van der Waals surface area (Å²) in [7, 11) is 0. The number of rotatable bonds is 4. The number of aromatic nitrogens is 1. The SMILES string of the molecule is CC(CN1CCOCC1)NC(=O)c1ccnc(N)c1F. The Morgan fingerprint density at radius 1 is 1.60 bits per heavy atom. The van der Waals surface area contributed by atoms with E-state index in [0.717, 1.165) is 13.1 Å². The lowest BCUT2D eigenvalue weighted by Crippen LogP contribution is -2.46. The van der Waals surface area contributed by atoms with E-state index >= 15 is 0 Å². The molecule has 2 heterocycles. The molecule has 1 saturated heterocycles. The zero-order valence-corrected chi connectivity index (χ0v) is 11.4. The van der Waals surface area contributed by atoms with Crippen molar-refractivity contribution in [2.75, 3.05) is 38.6 Å². The van der Waals surface area contributed by atoms with E-state index in [1.165, 1.54) is 12.3 Å². The molecule has 1 fully saturated rings. The van der Waals surface area contributed by atoms with Crippen LogP contribution in [0.2, 0.25) is 0 Å². The van der Waals surface area contributed by atoms with Crippen LogP contribution in [0, 0.1) is 5.82 Å². The minimum Gasteiger partial charge on any atom is -0.381 e. The molecule has 0 bridgehead atoms. The van der Waals surface area contributed by atoms with Gasteiger partial charge in [-0.1, -0.05) is 0 Å². The molecule has 20 heavy (non-hydrogen) atoms. The average molecular weight is 282 g/mol. The van der Waals surface area contributed by atoms with Gasteiger partial charge >= 0.3 is 0 Å². The van der Waals surface area contributed by atoms with Crippen molar-refractivity contribution in [3.05, 3.63) is 23.6 Å². The van der Waals surface area contributed by atoms with Crippen LogP contribution in [0.1, 0.15) is 17.3 Å². The van der Waals surface area contributed by atoms with Crippen LogP contribution < -0.4 is 11.1 Å². The van der Waals surface area contributed by atoms with Gasteiger partial charge < -0.3 is 15.8 Å². The molecule has 0 aliphatic carbocycles. The number of nitrogens with zero attached hydrogens (tertiary/aromatic N) is 2. The van der Waals surface area contributed by atoms with E-state index in [4.69, 9.17) is 10.5 Å². The van der Waals surface area contributed by atoms with Crippen LogP contribution in [-0.4, -0.2) is 54.7 Å². The van der Waals surface area contributed by atoms with E-state index in [9.17, 15) is 9.18 Å². The van der Waals surface area contributed by atoms with Gasteiger partial charge in [0, 0.05) is 31.9 Å². The van der Waals surface area contributed by atoms with Crippen LogP contribution in [0.5, 0.6) is 0 Å². The maximum absolute atomic E-state index is 13.7. The van der Waals surface area contributed by atoms with Crippen LogP contribution in [0.15, 0.2) is 12.3 Å². The second-order valence-corrected chi connectivity index (χ2v) is 4.85. The summed E-state index contributed by atoms with van der Waals surface area (Å²) in [5.74, 6) is -1.51. The van der Waals surface area contributed by atoms with Crippen molar-refractivity contribution in [1.29, 1.82) is 0 Å². The third-order valence-electron chi connectivity index (χ3n) is 3.17. The zero-order valence-electron chi connectivity index (χ0n) is 11.4. The van der Waals surface area contributed by atoms with Crippen molar-refractivity contribution in [2.45, 2.75) is 13.0 Å². The molecule has 1 unspecified atom stereocenters. The van der Waals surface area contributed by atoms with E-state index in [1.807, 2.05) is 6.92 Å². The highest BCUT2D eigenvalue weighted by Gasteiger charge is 2.18. The van der Waals surface area contributed by atoms with Crippen molar-refractivity contribution < 1.29 is 13.9 Å². The molecule has 1 amide bonds. The molecule has 0 radical (unpaired) electrons. The first kappa shape index (κ1) is 14.7. The van der Waals surface area contributed by atoms with E-state index in [2.05, 4.69) is 15.2 Å². The average Bonchev–Trinajstić information content (AvgIpc) is 2.42. The monoisotopic (exact) mass is 282 g/mol. The van der Waals surface area contributed by atoms with Crippen LogP contribution in [0.25, 0.3) is 0 Å². The molecule has 0 spiro atoms. The predicted molar refractivity (Wildman–Crippen MR) is 72.8 cm³/mol. The maximum atomic E-state index is 13.7. The number of anilines is 1. The van der Waals surface area contributed by atoms with Gasteiger partial charge in [0.25, 0.3) is 5.91 Å². The molecule has 7 heteroatoms. The molecule has 1 aromatic heterocycles. The normalized spacial score (nSPS) is 17.7. The molecule has 1 atom stereocenters. The Kier molecular flexibility index (Phi) is 4.86. The lowest BCUT2D eigenvalue weighted by Gasteiger charge is -2.29. The lowest BCUT2D eigenvalue weighted by molar-refractivity contribution is 0.0342. The van der Waals surface area contributed by atoms with Gasteiger partial charge in [0.2, 0.25) is 0 Å². The molecular weight excluding hydrogens is 263 g/mol. The number of morpholine rings is 1. The molecule has 1 aliphatic heterocycles. The van der Waals surface area contributed by atoms with Gasteiger partial charge in [0.15, 0.2) is 11.6 Å². The highest BCUT2D eigenvalue weighted by molar-refractivity contribution is 5.95. The lowest BCUT2D eigenvalue weighted by atomic mass is 10.2. The summed E-state index contributed by atoms with van der Waals surface area (Å²) in [6.07, 6.45) is 1.32. The van der Waals surface area contributed by atoms with Gasteiger partial charge in [0.05, 0.1) is 18.8 Å². The van der Waals surface area contributed by atoms with Gasteiger partial charge in [-0.3, -0.25) is 9.69 Å². The smallest absolute Gasteiger partial charge is 0.254 e. The summed E-state index contributed by atoms with van der Waals surface area (Å²) < 4.78 is 18.9.